The summed E-state index contributed by atoms with van der Waals surface area (Å²) in [6, 6.07) is 6.49. The lowest BCUT2D eigenvalue weighted by atomic mass is 10.0. The van der Waals surface area contributed by atoms with Crippen LogP contribution < -0.4 is 5.32 Å². The molecule has 84 valence electrons. The highest BCUT2D eigenvalue weighted by Crippen LogP contribution is 2.35. The van der Waals surface area contributed by atoms with Gasteiger partial charge >= 0.3 is 0 Å². The van der Waals surface area contributed by atoms with Gasteiger partial charge in [0.2, 0.25) is 0 Å². The molecule has 2 aromatic rings. The molecule has 0 radical (unpaired) electrons. The number of hydrogen-bond acceptors (Lipinski definition) is 3. The summed E-state index contributed by atoms with van der Waals surface area (Å²) in [6.45, 7) is 5.52. The highest BCUT2D eigenvalue weighted by atomic mass is 32.1. The first-order chi connectivity index (χ1) is 7.67. The molecule has 3 rings (SSSR count). The van der Waals surface area contributed by atoms with Gasteiger partial charge in [0, 0.05) is 0 Å². The molecule has 1 aromatic heterocycles. The molecule has 1 aromatic carbocycles. The smallest absolute Gasteiger partial charge is 0.114 e. The Morgan fingerprint density at radius 1 is 1.44 bits per heavy atom. The van der Waals surface area contributed by atoms with Crippen molar-refractivity contribution in [3.8, 4) is 0 Å². The van der Waals surface area contributed by atoms with Gasteiger partial charge in [0.05, 0.1) is 15.8 Å². The molecule has 1 aliphatic rings. The monoisotopic (exact) mass is 232 g/mol. The molecule has 16 heavy (non-hydrogen) atoms. The minimum absolute atomic E-state index is 0.109. The van der Waals surface area contributed by atoms with Gasteiger partial charge in [0.15, 0.2) is 0 Å². The second-order valence-corrected chi connectivity index (χ2v) is 5.88. The highest BCUT2D eigenvalue weighted by molar-refractivity contribution is 7.18. The number of aromatic nitrogens is 1. The van der Waals surface area contributed by atoms with Crippen molar-refractivity contribution in [3.63, 3.8) is 0 Å². The Morgan fingerprint density at radius 3 is 3.06 bits per heavy atom. The van der Waals surface area contributed by atoms with Crippen molar-refractivity contribution >= 4 is 21.6 Å². The minimum Gasteiger partial charge on any atom is -0.306 e. The van der Waals surface area contributed by atoms with Gasteiger partial charge in [-0.15, -0.1) is 11.3 Å². The van der Waals surface area contributed by atoms with Crippen LogP contribution in [-0.2, 0) is 5.54 Å². The summed E-state index contributed by atoms with van der Waals surface area (Å²) in [4.78, 5) is 4.76. The molecule has 1 saturated heterocycles. The average molecular weight is 232 g/mol. The lowest BCUT2D eigenvalue weighted by Crippen LogP contribution is -2.32. The summed E-state index contributed by atoms with van der Waals surface area (Å²) in [5.74, 6) is 0. The molecule has 1 fully saturated rings. The van der Waals surface area contributed by atoms with Crippen LogP contribution >= 0.6 is 11.3 Å². The van der Waals surface area contributed by atoms with E-state index in [1.54, 1.807) is 0 Å². The third-order valence-corrected chi connectivity index (χ3v) is 4.67. The number of aryl methyl sites for hydroxylation is 1. The van der Waals surface area contributed by atoms with Gasteiger partial charge in [-0.1, -0.05) is 6.07 Å². The van der Waals surface area contributed by atoms with E-state index >= 15 is 0 Å². The number of benzene rings is 1. The Balaban J connectivity index is 2.11. The van der Waals surface area contributed by atoms with Gasteiger partial charge in [-0.3, -0.25) is 0 Å². The van der Waals surface area contributed by atoms with E-state index in [0.717, 1.165) is 12.1 Å². The third-order valence-electron chi connectivity index (χ3n) is 3.38. The SMILES string of the molecule is Cc1ccc2nc(C3(C)CCCN3)sc2c1. The van der Waals surface area contributed by atoms with Gasteiger partial charge in [0.25, 0.3) is 0 Å². The summed E-state index contributed by atoms with van der Waals surface area (Å²) in [7, 11) is 0. The maximum Gasteiger partial charge on any atom is 0.114 e. The zero-order chi connectivity index (χ0) is 11.2. The van der Waals surface area contributed by atoms with E-state index in [1.165, 1.54) is 28.1 Å². The van der Waals surface area contributed by atoms with Crippen molar-refractivity contribution in [2.24, 2.45) is 0 Å². The van der Waals surface area contributed by atoms with Gasteiger partial charge in [0.1, 0.15) is 5.01 Å². The predicted molar refractivity (Wildman–Crippen MR) is 68.9 cm³/mol. The van der Waals surface area contributed by atoms with Crippen LogP contribution in [0.1, 0.15) is 30.3 Å². The minimum atomic E-state index is 0.109. The average Bonchev–Trinajstić information content (AvgIpc) is 2.84. The maximum absolute atomic E-state index is 4.76. The molecular weight excluding hydrogens is 216 g/mol. The predicted octanol–water partition coefficient (Wildman–Crippen LogP) is 3.20. The van der Waals surface area contributed by atoms with E-state index in [1.807, 2.05) is 11.3 Å². The summed E-state index contributed by atoms with van der Waals surface area (Å²) in [5.41, 5.74) is 2.56. The summed E-state index contributed by atoms with van der Waals surface area (Å²) < 4.78 is 1.31. The van der Waals surface area contributed by atoms with Gasteiger partial charge in [-0.05, 0) is 50.9 Å². The van der Waals surface area contributed by atoms with Crippen LogP contribution in [0.4, 0.5) is 0 Å². The molecule has 1 N–H and O–H groups in total. The summed E-state index contributed by atoms with van der Waals surface area (Å²) >= 11 is 1.83. The van der Waals surface area contributed by atoms with E-state index in [2.05, 4.69) is 37.4 Å². The first kappa shape index (κ1) is 10.2. The van der Waals surface area contributed by atoms with Crippen molar-refractivity contribution < 1.29 is 0 Å². The zero-order valence-electron chi connectivity index (χ0n) is 9.71. The number of nitrogens with zero attached hydrogens (tertiary/aromatic N) is 1. The first-order valence-corrected chi connectivity index (χ1v) is 6.62. The van der Waals surface area contributed by atoms with Crippen molar-refractivity contribution in [2.75, 3.05) is 6.54 Å². The fourth-order valence-corrected chi connectivity index (χ4v) is 3.56. The van der Waals surface area contributed by atoms with Crippen molar-refractivity contribution in [1.82, 2.24) is 10.3 Å². The second-order valence-electron chi connectivity index (χ2n) is 4.85. The largest absolute Gasteiger partial charge is 0.306 e. The number of rotatable bonds is 1. The number of hydrogen-bond donors (Lipinski definition) is 1. The van der Waals surface area contributed by atoms with Crippen molar-refractivity contribution in [1.29, 1.82) is 0 Å². The molecule has 2 nitrogen and oxygen atoms in total. The zero-order valence-corrected chi connectivity index (χ0v) is 10.5. The Morgan fingerprint density at radius 2 is 2.31 bits per heavy atom. The van der Waals surface area contributed by atoms with Crippen LogP contribution in [0.3, 0.4) is 0 Å². The van der Waals surface area contributed by atoms with Crippen molar-refractivity contribution in [2.45, 2.75) is 32.2 Å². The Hall–Kier alpha value is -0.930. The Kier molecular flexibility index (Phi) is 2.26. The lowest BCUT2D eigenvalue weighted by molar-refractivity contribution is 0.433. The van der Waals surface area contributed by atoms with E-state index in [9.17, 15) is 0 Å². The first-order valence-electron chi connectivity index (χ1n) is 5.80. The third kappa shape index (κ3) is 1.55. The second kappa shape index (κ2) is 3.54. The molecule has 2 heterocycles. The highest BCUT2D eigenvalue weighted by Gasteiger charge is 2.32. The summed E-state index contributed by atoms with van der Waals surface area (Å²) in [5, 5.41) is 4.81. The van der Waals surface area contributed by atoms with Gasteiger partial charge in [-0.25, -0.2) is 4.98 Å². The van der Waals surface area contributed by atoms with Crippen LogP contribution in [0.2, 0.25) is 0 Å². The Labute approximate surface area is 99.7 Å². The lowest BCUT2D eigenvalue weighted by Gasteiger charge is -2.20. The van der Waals surface area contributed by atoms with Crippen molar-refractivity contribution in [3.05, 3.63) is 28.8 Å². The van der Waals surface area contributed by atoms with Gasteiger partial charge in [-0.2, -0.15) is 0 Å². The van der Waals surface area contributed by atoms with E-state index in [0.29, 0.717) is 0 Å². The summed E-state index contributed by atoms with van der Waals surface area (Å²) in [6.07, 6.45) is 2.46. The Bertz CT molecular complexity index is 524. The molecule has 0 aliphatic carbocycles. The molecule has 0 bridgehead atoms. The normalized spacial score (nSPS) is 25.4. The maximum atomic E-state index is 4.76. The fraction of sp³-hybridized carbons (Fsp3) is 0.462. The van der Waals surface area contributed by atoms with Crippen LogP contribution in [0.5, 0.6) is 0 Å². The molecule has 1 atom stereocenters. The molecular formula is C13H16N2S. The van der Waals surface area contributed by atoms with Crippen LogP contribution in [0.15, 0.2) is 18.2 Å². The molecule has 0 amide bonds. The van der Waals surface area contributed by atoms with E-state index in [4.69, 9.17) is 4.98 Å². The molecule has 1 aliphatic heterocycles. The fourth-order valence-electron chi connectivity index (χ4n) is 2.34. The molecule has 3 heteroatoms. The molecule has 0 saturated carbocycles. The topological polar surface area (TPSA) is 24.9 Å². The standard InChI is InChI=1S/C13H16N2S/c1-9-4-5-10-11(8-9)16-12(15-10)13(2)6-3-7-14-13/h4-5,8,14H,3,6-7H2,1-2H3. The number of thiazole rings is 1. The quantitative estimate of drug-likeness (QED) is 0.816. The van der Waals surface area contributed by atoms with E-state index in [-0.39, 0.29) is 5.54 Å². The van der Waals surface area contributed by atoms with E-state index < -0.39 is 0 Å². The van der Waals surface area contributed by atoms with Crippen LogP contribution in [-0.4, -0.2) is 11.5 Å². The molecule has 0 spiro atoms. The molecule has 1 unspecified atom stereocenters. The number of nitrogens with one attached hydrogen (secondary N) is 1. The number of fused-ring (bicyclic) bond motifs is 1. The van der Waals surface area contributed by atoms with Gasteiger partial charge < -0.3 is 5.32 Å². The van der Waals surface area contributed by atoms with Crippen LogP contribution in [0, 0.1) is 6.92 Å². The van der Waals surface area contributed by atoms with Crippen LogP contribution in [0.25, 0.3) is 10.2 Å².